The van der Waals surface area contributed by atoms with Crippen molar-refractivity contribution in [2.75, 3.05) is 17.6 Å². The van der Waals surface area contributed by atoms with Crippen molar-refractivity contribution in [3.05, 3.63) is 83.3 Å². The maximum absolute atomic E-state index is 13.9. The highest BCUT2D eigenvalue weighted by Gasteiger charge is 2.32. The third kappa shape index (κ3) is 9.15. The summed E-state index contributed by atoms with van der Waals surface area (Å²) < 4.78 is 58.6. The van der Waals surface area contributed by atoms with E-state index in [0.717, 1.165) is 16.1 Å². The van der Waals surface area contributed by atoms with E-state index in [0.29, 0.717) is 42.0 Å². The van der Waals surface area contributed by atoms with Gasteiger partial charge in [-0.15, -0.1) is 0 Å². The summed E-state index contributed by atoms with van der Waals surface area (Å²) in [6.07, 6.45) is 5.29. The summed E-state index contributed by atoms with van der Waals surface area (Å²) in [5, 5.41) is 0. The zero-order valence-corrected chi connectivity index (χ0v) is 26.8. The summed E-state index contributed by atoms with van der Waals surface area (Å²) >= 11 is 0. The van der Waals surface area contributed by atoms with Crippen molar-refractivity contribution in [2.45, 2.75) is 84.1 Å². The van der Waals surface area contributed by atoms with E-state index in [1.54, 1.807) is 12.1 Å². The predicted octanol–water partition coefficient (Wildman–Crippen LogP) is 6.72. The first-order chi connectivity index (χ1) is 20.2. The van der Waals surface area contributed by atoms with Crippen LogP contribution in [0.25, 0.3) is 17.3 Å². The van der Waals surface area contributed by atoms with Crippen molar-refractivity contribution >= 4 is 22.0 Å². The van der Waals surface area contributed by atoms with Crippen LogP contribution in [0.2, 0.25) is 0 Å². The van der Waals surface area contributed by atoms with Gasteiger partial charge in [-0.05, 0) is 56.5 Å². The van der Waals surface area contributed by atoms with Crippen LogP contribution in [-0.4, -0.2) is 55.8 Å². The quantitative estimate of drug-likeness (QED) is 0.251. The van der Waals surface area contributed by atoms with Gasteiger partial charge in [-0.3, -0.25) is 0 Å². The lowest BCUT2D eigenvalue weighted by molar-refractivity contribution is -0.246. The predicted molar refractivity (Wildman–Crippen MR) is 168 cm³/mol. The molecule has 0 radical (unpaired) electrons. The molecule has 8 nitrogen and oxygen atoms in total. The van der Waals surface area contributed by atoms with Gasteiger partial charge in [0.25, 0.3) is 0 Å². The molecule has 0 saturated carbocycles. The second-order valence-corrected chi connectivity index (χ2v) is 14.2. The van der Waals surface area contributed by atoms with Crippen LogP contribution in [0.1, 0.15) is 70.2 Å². The van der Waals surface area contributed by atoms with Crippen LogP contribution < -0.4 is 4.31 Å². The third-order valence-electron chi connectivity index (χ3n) is 6.98. The summed E-state index contributed by atoms with van der Waals surface area (Å²) in [6, 6.07) is 16.0. The van der Waals surface area contributed by atoms with E-state index >= 15 is 0 Å². The molecular weight excluding hydrogens is 569 g/mol. The van der Waals surface area contributed by atoms with E-state index in [-0.39, 0.29) is 29.9 Å². The molecule has 2 heterocycles. The van der Waals surface area contributed by atoms with E-state index in [1.165, 1.54) is 19.2 Å². The molecule has 1 aliphatic heterocycles. The van der Waals surface area contributed by atoms with Gasteiger partial charge in [-0.2, -0.15) is 0 Å². The van der Waals surface area contributed by atoms with Gasteiger partial charge in [0.1, 0.15) is 5.82 Å². The molecule has 3 aromatic rings. The van der Waals surface area contributed by atoms with E-state index in [9.17, 15) is 12.8 Å². The largest absolute Gasteiger partial charge is 0.373 e. The summed E-state index contributed by atoms with van der Waals surface area (Å²) in [5.74, 6) is -0.404. The topological polar surface area (TPSA) is 90.9 Å². The standard InChI is InChI=1S/C33H42FN3O5S/c1-22(2)30-28(31(24-13-15-25(34)16-14-24)36-32(35-30)37(6)43(7,38)39)18-17-26-19-27(20-29(41-26)42-33(3,4)5)40-21-23-11-9-8-10-12-23/h8-18,22,26-27,29H,19-21H2,1-7H3/t26-,27-,29?/m1/s1. The second-order valence-electron chi connectivity index (χ2n) is 12.1. The van der Waals surface area contributed by atoms with Crippen LogP contribution in [0.4, 0.5) is 10.3 Å². The maximum Gasteiger partial charge on any atom is 0.239 e. The monoisotopic (exact) mass is 611 g/mol. The van der Waals surface area contributed by atoms with Crippen LogP contribution in [0.5, 0.6) is 0 Å². The fourth-order valence-corrected chi connectivity index (χ4v) is 5.17. The maximum atomic E-state index is 13.9. The molecule has 1 saturated heterocycles. The molecule has 1 aliphatic rings. The SMILES string of the molecule is CC(C)c1nc(N(C)S(C)(=O)=O)nc(-c2ccc(F)cc2)c1C=C[C@@H]1C[C@@H](OCc2ccccc2)CC(OC(C)(C)C)O1. The van der Waals surface area contributed by atoms with Crippen molar-refractivity contribution in [2.24, 2.45) is 0 Å². The Bertz CT molecular complexity index is 1510. The van der Waals surface area contributed by atoms with Gasteiger partial charge in [0.05, 0.1) is 42.1 Å². The van der Waals surface area contributed by atoms with Crippen LogP contribution in [-0.2, 0) is 30.8 Å². The normalized spacial score (nSPS) is 19.7. The zero-order chi connectivity index (χ0) is 31.4. The molecule has 2 aromatic carbocycles. The Morgan fingerprint density at radius 1 is 1.07 bits per heavy atom. The van der Waals surface area contributed by atoms with E-state index in [2.05, 4.69) is 9.97 Å². The fraction of sp³-hybridized carbons (Fsp3) is 0.455. The number of halogens is 1. The van der Waals surface area contributed by atoms with Gasteiger partial charge in [0.15, 0.2) is 6.29 Å². The van der Waals surface area contributed by atoms with Crippen LogP contribution in [0.3, 0.4) is 0 Å². The van der Waals surface area contributed by atoms with Gasteiger partial charge < -0.3 is 14.2 Å². The molecule has 43 heavy (non-hydrogen) atoms. The first kappa shape index (κ1) is 32.7. The van der Waals surface area contributed by atoms with Crippen molar-refractivity contribution < 1.29 is 27.0 Å². The second kappa shape index (κ2) is 13.6. The molecule has 0 aliphatic carbocycles. The van der Waals surface area contributed by atoms with Crippen molar-refractivity contribution in [3.8, 4) is 11.3 Å². The van der Waals surface area contributed by atoms with Gasteiger partial charge in [-0.25, -0.2) is 27.1 Å². The van der Waals surface area contributed by atoms with Crippen LogP contribution in [0.15, 0.2) is 60.7 Å². The molecular formula is C33H42FN3O5S. The average molecular weight is 612 g/mol. The Labute approximate surface area is 255 Å². The van der Waals surface area contributed by atoms with Gasteiger partial charge >= 0.3 is 0 Å². The molecule has 0 spiro atoms. The van der Waals surface area contributed by atoms with Crippen molar-refractivity contribution in [1.82, 2.24) is 9.97 Å². The summed E-state index contributed by atoms with van der Waals surface area (Å²) in [4.78, 5) is 9.33. The molecule has 0 amide bonds. The molecule has 232 valence electrons. The zero-order valence-electron chi connectivity index (χ0n) is 26.0. The highest BCUT2D eigenvalue weighted by atomic mass is 32.2. The molecule has 4 rings (SSSR count). The van der Waals surface area contributed by atoms with E-state index < -0.39 is 21.9 Å². The Morgan fingerprint density at radius 2 is 1.74 bits per heavy atom. The first-order valence-corrected chi connectivity index (χ1v) is 16.3. The highest BCUT2D eigenvalue weighted by Crippen LogP contribution is 2.33. The number of hydrogen-bond donors (Lipinski definition) is 0. The third-order valence-corrected chi connectivity index (χ3v) is 8.13. The van der Waals surface area contributed by atoms with Gasteiger partial charge in [0, 0.05) is 31.0 Å². The number of rotatable bonds is 10. The molecule has 0 bridgehead atoms. The molecule has 1 fully saturated rings. The van der Waals surface area contributed by atoms with Crippen LogP contribution in [0, 0.1) is 5.82 Å². The molecule has 0 N–H and O–H groups in total. The number of sulfonamides is 1. The van der Waals surface area contributed by atoms with Crippen molar-refractivity contribution in [1.29, 1.82) is 0 Å². The number of ether oxygens (including phenoxy) is 3. The number of aromatic nitrogens is 2. The minimum absolute atomic E-state index is 0.0459. The minimum Gasteiger partial charge on any atom is -0.373 e. The fourth-order valence-electron chi connectivity index (χ4n) is 4.79. The smallest absolute Gasteiger partial charge is 0.239 e. The van der Waals surface area contributed by atoms with Gasteiger partial charge in [0.2, 0.25) is 16.0 Å². The molecule has 1 aromatic heterocycles. The summed E-state index contributed by atoms with van der Waals surface area (Å²) in [6.45, 7) is 10.4. The highest BCUT2D eigenvalue weighted by molar-refractivity contribution is 7.92. The van der Waals surface area contributed by atoms with E-state index in [4.69, 9.17) is 14.2 Å². The number of anilines is 1. The number of nitrogens with zero attached hydrogens (tertiary/aromatic N) is 3. The average Bonchev–Trinajstić information content (AvgIpc) is 2.93. The Hall–Kier alpha value is -3.18. The van der Waals surface area contributed by atoms with Crippen molar-refractivity contribution in [3.63, 3.8) is 0 Å². The molecule has 10 heteroatoms. The van der Waals surface area contributed by atoms with E-state index in [1.807, 2.05) is 77.1 Å². The minimum atomic E-state index is -3.62. The summed E-state index contributed by atoms with van der Waals surface area (Å²) in [7, 11) is -2.20. The Kier molecular flexibility index (Phi) is 10.4. The van der Waals surface area contributed by atoms with Gasteiger partial charge in [-0.1, -0.05) is 56.3 Å². The van der Waals surface area contributed by atoms with Crippen LogP contribution >= 0.6 is 0 Å². The number of hydrogen-bond acceptors (Lipinski definition) is 7. The lowest BCUT2D eigenvalue weighted by Crippen LogP contribution is -2.41. The first-order valence-electron chi connectivity index (χ1n) is 14.5. The summed E-state index contributed by atoms with van der Waals surface area (Å²) in [5.41, 5.74) is 3.18. The Balaban J connectivity index is 1.71. The number of benzene rings is 2. The lowest BCUT2D eigenvalue weighted by Gasteiger charge is -2.37. The Morgan fingerprint density at radius 3 is 2.35 bits per heavy atom. The lowest BCUT2D eigenvalue weighted by atomic mass is 9.96. The molecule has 1 unspecified atom stereocenters. The molecule has 3 atom stereocenters.